The average Bonchev–Trinajstić information content (AvgIpc) is 3.88. The summed E-state index contributed by atoms with van der Waals surface area (Å²) in [6.45, 7) is 4.42. The number of non-ortho nitro benzene ring substituents is 1. The zero-order valence-electron chi connectivity index (χ0n) is 40.1. The van der Waals surface area contributed by atoms with Gasteiger partial charge in [-0.2, -0.15) is 0 Å². The smallest absolute Gasteiger partial charge is 0.416 e. The van der Waals surface area contributed by atoms with E-state index in [0.29, 0.717) is 52.9 Å². The molecule has 5 aromatic carbocycles. The third kappa shape index (κ3) is 11.0. The SMILES string of the molecule is C=CCO[C@@]12Oc3ccc(Oc4ccc(SC)cc4)cc3[C@H]3[C@H](CCCCO)[C@@H](CCCCO)C=C(C(=NOCc4ccccc4)C[C@@H]1N(Cc1ccc4c(c1)OCO4)C(=O)Oc1ccc([N+](=O)[O-])cc1)[C@H]32. The van der Waals surface area contributed by atoms with E-state index in [1.54, 1.807) is 28.8 Å². The Bertz CT molecular complexity index is 2750. The number of aliphatic hydroxyl groups excluding tert-OH is 2. The molecule has 15 nitrogen and oxygen atoms in total. The lowest BCUT2D eigenvalue weighted by atomic mass is 9.55. The largest absolute Gasteiger partial charge is 0.459 e. The summed E-state index contributed by atoms with van der Waals surface area (Å²) in [5, 5.41) is 36.8. The highest BCUT2D eigenvalue weighted by Gasteiger charge is 2.66. The molecule has 0 bridgehead atoms. The number of carbonyl (C=O) groups excluding carboxylic acids is 1. The van der Waals surface area contributed by atoms with Gasteiger partial charge in [0, 0.05) is 54.7 Å². The first-order valence-electron chi connectivity index (χ1n) is 24.4. The van der Waals surface area contributed by atoms with E-state index < -0.39 is 28.8 Å². The molecule has 5 aromatic rings. The zero-order valence-corrected chi connectivity index (χ0v) is 41.0. The predicted octanol–water partition coefficient (Wildman–Crippen LogP) is 11.4. The van der Waals surface area contributed by atoms with E-state index in [1.165, 1.54) is 24.3 Å². The highest BCUT2D eigenvalue weighted by Crippen LogP contribution is 2.62. The van der Waals surface area contributed by atoms with Gasteiger partial charge in [0.1, 0.15) is 35.6 Å². The van der Waals surface area contributed by atoms with E-state index in [1.807, 2.05) is 91.2 Å². The summed E-state index contributed by atoms with van der Waals surface area (Å²) in [4.78, 5) is 35.4. The van der Waals surface area contributed by atoms with Gasteiger partial charge in [0.15, 0.2) is 11.5 Å². The lowest BCUT2D eigenvalue weighted by molar-refractivity contribution is -0.384. The van der Waals surface area contributed by atoms with Crippen molar-refractivity contribution in [2.75, 3.05) is 32.9 Å². The number of fused-ring (bicyclic) bond motifs is 3. The molecule has 1 amide bonds. The number of nitrogens with zero attached hydrogens (tertiary/aromatic N) is 3. The molecule has 2 heterocycles. The summed E-state index contributed by atoms with van der Waals surface area (Å²) in [6, 6.07) is 33.3. The first kappa shape index (κ1) is 50.1. The van der Waals surface area contributed by atoms with Gasteiger partial charge in [0.25, 0.3) is 5.69 Å². The van der Waals surface area contributed by atoms with Crippen LogP contribution in [0.4, 0.5) is 10.5 Å². The second-order valence-corrected chi connectivity index (χ2v) is 19.1. The average molecular weight is 998 g/mol. The molecule has 2 aliphatic carbocycles. The zero-order chi connectivity index (χ0) is 50.0. The second-order valence-electron chi connectivity index (χ2n) is 18.2. The van der Waals surface area contributed by atoms with Crippen molar-refractivity contribution in [3.8, 4) is 34.5 Å². The molecule has 2 aliphatic heterocycles. The predicted molar refractivity (Wildman–Crippen MR) is 272 cm³/mol. The van der Waals surface area contributed by atoms with Gasteiger partial charge in [-0.3, -0.25) is 15.0 Å². The molecular weight excluding hydrogens is 939 g/mol. The van der Waals surface area contributed by atoms with Gasteiger partial charge >= 0.3 is 6.09 Å². The van der Waals surface area contributed by atoms with Gasteiger partial charge in [-0.05, 0) is 127 Å². The van der Waals surface area contributed by atoms with E-state index in [0.717, 1.165) is 47.3 Å². The summed E-state index contributed by atoms with van der Waals surface area (Å²) in [5.41, 5.74) is 3.79. The number of benzene rings is 5. The number of amides is 1. The number of nitro groups is 1. The molecule has 72 heavy (non-hydrogen) atoms. The minimum atomic E-state index is -1.62. The molecule has 376 valence electrons. The van der Waals surface area contributed by atoms with Gasteiger partial charge in [0.05, 0.1) is 23.2 Å². The fourth-order valence-corrected chi connectivity index (χ4v) is 11.0. The number of hydrogen-bond donors (Lipinski definition) is 2. The van der Waals surface area contributed by atoms with Crippen LogP contribution in [0.1, 0.15) is 67.6 Å². The summed E-state index contributed by atoms with van der Waals surface area (Å²) < 4.78 is 38.9. The number of unbranched alkanes of at least 4 members (excludes halogenated alkanes) is 2. The molecule has 9 rings (SSSR count). The minimum Gasteiger partial charge on any atom is -0.459 e. The summed E-state index contributed by atoms with van der Waals surface area (Å²) >= 11 is 1.65. The lowest BCUT2D eigenvalue weighted by Crippen LogP contribution is -2.70. The van der Waals surface area contributed by atoms with Crippen molar-refractivity contribution >= 4 is 29.3 Å². The second kappa shape index (κ2) is 23.1. The van der Waals surface area contributed by atoms with Crippen LogP contribution in [0.15, 0.2) is 150 Å². The topological polar surface area (TPSA) is 181 Å². The number of aliphatic hydroxyl groups is 2. The summed E-state index contributed by atoms with van der Waals surface area (Å²) in [6.07, 6.45) is 9.53. The molecule has 0 aromatic heterocycles. The van der Waals surface area contributed by atoms with Crippen molar-refractivity contribution < 1.29 is 53.2 Å². The molecule has 2 N–H and O–H groups in total. The van der Waals surface area contributed by atoms with Crippen LogP contribution in [-0.2, 0) is 22.7 Å². The Kier molecular flexibility index (Phi) is 16.1. The van der Waals surface area contributed by atoms with Crippen LogP contribution in [-0.4, -0.2) is 76.5 Å². The van der Waals surface area contributed by atoms with Crippen LogP contribution < -0.4 is 23.7 Å². The van der Waals surface area contributed by atoms with Gasteiger partial charge in [-0.1, -0.05) is 66.5 Å². The van der Waals surface area contributed by atoms with E-state index in [4.69, 9.17) is 38.4 Å². The van der Waals surface area contributed by atoms with Crippen molar-refractivity contribution in [2.24, 2.45) is 22.9 Å². The molecule has 1 fully saturated rings. The van der Waals surface area contributed by atoms with Crippen LogP contribution in [0.3, 0.4) is 0 Å². The molecule has 1 saturated carbocycles. The van der Waals surface area contributed by atoms with Crippen LogP contribution in [0.2, 0.25) is 0 Å². The number of carbonyl (C=O) groups is 1. The maximum absolute atomic E-state index is 15.3. The molecule has 0 saturated heterocycles. The molecule has 16 heteroatoms. The van der Waals surface area contributed by atoms with Gasteiger partial charge in [-0.15, -0.1) is 18.3 Å². The Morgan fingerprint density at radius 2 is 1.60 bits per heavy atom. The number of nitro benzene ring substituents is 1. The number of rotatable bonds is 22. The monoisotopic (exact) mass is 997 g/mol. The van der Waals surface area contributed by atoms with Crippen LogP contribution >= 0.6 is 11.8 Å². The van der Waals surface area contributed by atoms with Crippen molar-refractivity contribution in [1.82, 2.24) is 4.90 Å². The van der Waals surface area contributed by atoms with Crippen LogP contribution in [0.25, 0.3) is 0 Å². The number of oxime groups is 1. The molecular formula is C56H59N3O12S. The van der Waals surface area contributed by atoms with E-state index in [2.05, 4.69) is 12.7 Å². The number of allylic oxidation sites excluding steroid dienone is 1. The fraction of sp³-hybridized carbons (Fsp3) is 0.357. The van der Waals surface area contributed by atoms with Crippen LogP contribution in [0.5, 0.6) is 34.5 Å². The first-order chi connectivity index (χ1) is 35.2. The highest BCUT2D eigenvalue weighted by molar-refractivity contribution is 7.98. The number of ether oxygens (including phenoxy) is 6. The van der Waals surface area contributed by atoms with Crippen LogP contribution in [0, 0.1) is 27.9 Å². The van der Waals surface area contributed by atoms with Crippen molar-refractivity contribution in [1.29, 1.82) is 0 Å². The van der Waals surface area contributed by atoms with Gasteiger partial charge in [-0.25, -0.2) is 4.79 Å². The van der Waals surface area contributed by atoms with Crippen molar-refractivity contribution in [2.45, 2.75) is 80.7 Å². The third-order valence-corrected chi connectivity index (χ3v) is 14.6. The molecule has 6 atom stereocenters. The van der Waals surface area contributed by atoms with E-state index in [9.17, 15) is 20.3 Å². The maximum atomic E-state index is 15.3. The lowest BCUT2D eigenvalue weighted by Gasteiger charge is -2.59. The quantitative estimate of drug-likeness (QED) is 0.0220. The first-order valence-corrected chi connectivity index (χ1v) is 25.6. The molecule has 0 unspecified atom stereocenters. The maximum Gasteiger partial charge on any atom is 0.416 e. The van der Waals surface area contributed by atoms with E-state index in [-0.39, 0.29) is 75.4 Å². The third-order valence-electron chi connectivity index (χ3n) is 13.8. The fourth-order valence-electron chi connectivity index (χ4n) is 10.6. The molecule has 0 radical (unpaired) electrons. The normalized spacial score (nSPS) is 21.9. The Morgan fingerprint density at radius 1 is 0.875 bits per heavy atom. The summed E-state index contributed by atoms with van der Waals surface area (Å²) in [5.74, 6) is 0.373. The highest BCUT2D eigenvalue weighted by atomic mass is 32.2. The number of thioether (sulfide) groups is 1. The standard InChI is InChI=1S/C56H59N3O12S/c1-3-29-67-56-52(58(34-38-15-25-50-51(30-38)66-36-65-50)55(62)70-42-18-16-40(17-19-42)59(63)64)33-48(57-68-35-37-11-5-4-6-12-37)46-31-39(13-7-9-27-60)45(14-8-10-28-61)53(54(46)56)47-32-43(22-26-49(47)71-56)69-41-20-23-44(72-2)24-21-41/h3-6,11-12,15-26,30-32,39,45,52-54,60-61H,1,7-10,13-14,27-29,33-36H2,2H3/t39-,45+,52-,53+,54+,56+/m0/s1. The van der Waals surface area contributed by atoms with E-state index >= 15 is 4.79 Å². The minimum absolute atomic E-state index is 0.00841. The molecule has 4 aliphatic rings. The Balaban J connectivity index is 1.24. The van der Waals surface area contributed by atoms with Crippen molar-refractivity contribution in [3.05, 3.63) is 166 Å². The Hall–Kier alpha value is -6.85. The Labute approximate surface area is 423 Å². The number of hydrogen-bond acceptors (Lipinski definition) is 14. The Morgan fingerprint density at radius 3 is 2.33 bits per heavy atom. The summed E-state index contributed by atoms with van der Waals surface area (Å²) in [7, 11) is 0. The molecule has 0 spiro atoms. The van der Waals surface area contributed by atoms with Gasteiger partial charge in [0.2, 0.25) is 12.6 Å². The van der Waals surface area contributed by atoms with Crippen molar-refractivity contribution in [3.63, 3.8) is 0 Å². The van der Waals surface area contributed by atoms with Gasteiger partial charge < -0.3 is 43.5 Å².